The number of nitrogens with one attached hydrogen (secondary N) is 1. The van der Waals surface area contributed by atoms with Gasteiger partial charge in [-0.25, -0.2) is 19.6 Å². The second-order valence-electron chi connectivity index (χ2n) is 5.94. The number of carbonyl (C=O) groups is 1. The Kier molecular flexibility index (Phi) is 4.76. The lowest BCUT2D eigenvalue weighted by Crippen LogP contribution is -2.24. The maximum atomic E-state index is 12.6. The topological polar surface area (TPSA) is 134 Å². The van der Waals surface area contributed by atoms with Gasteiger partial charge in [0.15, 0.2) is 5.82 Å². The number of pyridine rings is 1. The second-order valence-corrected chi connectivity index (χ2v) is 5.94. The fourth-order valence-corrected chi connectivity index (χ4v) is 2.80. The Morgan fingerprint density at radius 3 is 2.79 bits per heavy atom. The van der Waals surface area contributed by atoms with Gasteiger partial charge in [0, 0.05) is 42.3 Å². The van der Waals surface area contributed by atoms with E-state index < -0.39 is 10.8 Å². The summed E-state index contributed by atoms with van der Waals surface area (Å²) in [6.07, 6.45) is 9.07. The van der Waals surface area contributed by atoms with E-state index in [1.54, 1.807) is 24.5 Å². The molecular weight excluding hydrogens is 376 g/mol. The molecule has 0 fully saturated rings. The molecule has 11 heteroatoms. The normalized spacial score (nSPS) is 10.6. The van der Waals surface area contributed by atoms with Gasteiger partial charge in [-0.1, -0.05) is 6.07 Å². The summed E-state index contributed by atoms with van der Waals surface area (Å²) in [6, 6.07) is 7.83. The van der Waals surface area contributed by atoms with Gasteiger partial charge in [-0.3, -0.25) is 14.9 Å². The number of nitro groups is 1. The van der Waals surface area contributed by atoms with Crippen LogP contribution in [0.15, 0.2) is 67.9 Å². The lowest BCUT2D eigenvalue weighted by Gasteiger charge is -2.10. The van der Waals surface area contributed by atoms with Crippen molar-refractivity contribution >= 4 is 11.6 Å². The SMILES string of the molecule is O=C(NCc1cccnc1-n1cncn1)c1ccc(-n2ccnc2)c([N+](=O)[O-])c1. The van der Waals surface area contributed by atoms with Crippen molar-refractivity contribution in [1.82, 2.24) is 34.6 Å². The van der Waals surface area contributed by atoms with Crippen molar-refractivity contribution in [2.45, 2.75) is 6.54 Å². The van der Waals surface area contributed by atoms with Gasteiger partial charge in [0.25, 0.3) is 11.6 Å². The fraction of sp³-hybridized carbons (Fsp3) is 0.0556. The Labute approximate surface area is 163 Å². The van der Waals surface area contributed by atoms with E-state index in [1.807, 2.05) is 0 Å². The molecule has 29 heavy (non-hydrogen) atoms. The average molecular weight is 390 g/mol. The molecule has 0 aliphatic heterocycles. The van der Waals surface area contributed by atoms with Crippen molar-refractivity contribution in [2.75, 3.05) is 0 Å². The summed E-state index contributed by atoms with van der Waals surface area (Å²) in [5.74, 6) is 0.0883. The summed E-state index contributed by atoms with van der Waals surface area (Å²) >= 11 is 0. The summed E-state index contributed by atoms with van der Waals surface area (Å²) in [6.45, 7) is 0.166. The smallest absolute Gasteiger partial charge is 0.294 e. The van der Waals surface area contributed by atoms with E-state index in [-0.39, 0.29) is 17.8 Å². The number of rotatable bonds is 6. The standard InChI is InChI=1S/C18H14N8O3/c27-18(22-9-14-2-1-5-21-17(14)25-12-20-10-23-25)13-3-4-15(16(8-13)26(28)29)24-7-6-19-11-24/h1-8,10-12H,9H2,(H,22,27). The first kappa shape index (κ1) is 18.0. The Bertz CT molecular complexity index is 1160. The van der Waals surface area contributed by atoms with Gasteiger partial charge in [-0.2, -0.15) is 5.10 Å². The summed E-state index contributed by atoms with van der Waals surface area (Å²) < 4.78 is 3.01. The van der Waals surface area contributed by atoms with Crippen LogP contribution in [-0.4, -0.2) is 40.1 Å². The highest BCUT2D eigenvalue weighted by atomic mass is 16.6. The second kappa shape index (κ2) is 7.68. The number of nitrogens with zero attached hydrogens (tertiary/aromatic N) is 7. The number of carbonyl (C=O) groups excluding carboxylic acids is 1. The molecule has 3 heterocycles. The van der Waals surface area contributed by atoms with E-state index in [9.17, 15) is 14.9 Å². The maximum Gasteiger partial charge on any atom is 0.294 e. The van der Waals surface area contributed by atoms with Crippen LogP contribution in [0.2, 0.25) is 0 Å². The largest absolute Gasteiger partial charge is 0.348 e. The number of aromatic nitrogens is 6. The number of amides is 1. The molecule has 11 nitrogen and oxygen atoms in total. The molecule has 0 atom stereocenters. The summed E-state index contributed by atoms with van der Waals surface area (Å²) in [5, 5.41) is 18.3. The Hall–Kier alpha value is -4.41. The summed E-state index contributed by atoms with van der Waals surface area (Å²) in [5.41, 5.74) is 1.02. The van der Waals surface area contributed by atoms with Crippen LogP contribution in [0.3, 0.4) is 0 Å². The number of nitro benzene ring substituents is 1. The van der Waals surface area contributed by atoms with Crippen LogP contribution in [0, 0.1) is 10.1 Å². The van der Waals surface area contributed by atoms with Crippen molar-refractivity contribution in [2.24, 2.45) is 0 Å². The maximum absolute atomic E-state index is 12.6. The van der Waals surface area contributed by atoms with Gasteiger partial charge >= 0.3 is 0 Å². The van der Waals surface area contributed by atoms with Gasteiger partial charge in [-0.05, 0) is 18.2 Å². The molecule has 144 valence electrons. The number of benzene rings is 1. The van der Waals surface area contributed by atoms with Gasteiger partial charge < -0.3 is 9.88 Å². The molecule has 0 saturated carbocycles. The number of hydrogen-bond donors (Lipinski definition) is 1. The van der Waals surface area contributed by atoms with E-state index in [4.69, 9.17) is 0 Å². The van der Waals surface area contributed by atoms with E-state index in [1.165, 1.54) is 52.6 Å². The molecule has 1 amide bonds. The van der Waals surface area contributed by atoms with E-state index in [0.29, 0.717) is 11.5 Å². The quantitative estimate of drug-likeness (QED) is 0.391. The predicted molar refractivity (Wildman–Crippen MR) is 101 cm³/mol. The van der Waals surface area contributed by atoms with Crippen molar-refractivity contribution in [1.29, 1.82) is 0 Å². The van der Waals surface area contributed by atoms with Gasteiger partial charge in [0.05, 0.1) is 11.3 Å². The molecule has 1 aromatic carbocycles. The number of hydrogen-bond acceptors (Lipinski definition) is 7. The zero-order valence-electron chi connectivity index (χ0n) is 14.9. The lowest BCUT2D eigenvalue weighted by atomic mass is 10.1. The molecule has 0 aliphatic rings. The van der Waals surface area contributed by atoms with Crippen LogP contribution in [-0.2, 0) is 6.54 Å². The molecular formula is C18H14N8O3. The van der Waals surface area contributed by atoms with Gasteiger partial charge in [0.1, 0.15) is 18.3 Å². The molecule has 3 aromatic heterocycles. The molecule has 0 bridgehead atoms. The van der Waals surface area contributed by atoms with Crippen LogP contribution < -0.4 is 5.32 Å². The molecule has 0 saturated heterocycles. The van der Waals surface area contributed by atoms with Crippen LogP contribution in [0.5, 0.6) is 0 Å². The third-order valence-electron chi connectivity index (χ3n) is 4.16. The monoisotopic (exact) mass is 390 g/mol. The third-order valence-corrected chi connectivity index (χ3v) is 4.16. The van der Waals surface area contributed by atoms with Crippen molar-refractivity contribution < 1.29 is 9.72 Å². The van der Waals surface area contributed by atoms with E-state index in [2.05, 4.69) is 25.4 Å². The van der Waals surface area contributed by atoms with Crippen LogP contribution in [0.1, 0.15) is 15.9 Å². The summed E-state index contributed by atoms with van der Waals surface area (Å²) in [4.78, 5) is 35.6. The minimum Gasteiger partial charge on any atom is -0.348 e. The first-order valence-corrected chi connectivity index (χ1v) is 8.47. The molecule has 4 aromatic rings. The minimum absolute atomic E-state index is 0.166. The highest BCUT2D eigenvalue weighted by molar-refractivity contribution is 5.95. The molecule has 4 rings (SSSR count). The summed E-state index contributed by atoms with van der Waals surface area (Å²) in [7, 11) is 0. The highest BCUT2D eigenvalue weighted by Gasteiger charge is 2.19. The Morgan fingerprint density at radius 2 is 2.07 bits per heavy atom. The van der Waals surface area contributed by atoms with Crippen molar-refractivity contribution in [3.8, 4) is 11.5 Å². The van der Waals surface area contributed by atoms with Gasteiger partial charge in [0.2, 0.25) is 0 Å². The number of imidazole rings is 1. The lowest BCUT2D eigenvalue weighted by molar-refractivity contribution is -0.384. The van der Waals surface area contributed by atoms with Crippen LogP contribution in [0.25, 0.3) is 11.5 Å². The van der Waals surface area contributed by atoms with Gasteiger partial charge in [-0.15, -0.1) is 0 Å². The molecule has 0 spiro atoms. The van der Waals surface area contributed by atoms with Crippen molar-refractivity contribution in [3.05, 3.63) is 89.1 Å². The van der Waals surface area contributed by atoms with E-state index >= 15 is 0 Å². The van der Waals surface area contributed by atoms with Crippen LogP contribution in [0.4, 0.5) is 5.69 Å². The Balaban J connectivity index is 1.56. The van der Waals surface area contributed by atoms with Crippen molar-refractivity contribution in [3.63, 3.8) is 0 Å². The average Bonchev–Trinajstić information content (AvgIpc) is 3.46. The molecule has 0 aliphatic carbocycles. The predicted octanol–water partition coefficient (Wildman–Crippen LogP) is 1.69. The van der Waals surface area contributed by atoms with E-state index in [0.717, 1.165) is 5.56 Å². The Morgan fingerprint density at radius 1 is 1.17 bits per heavy atom. The third kappa shape index (κ3) is 3.69. The molecule has 0 radical (unpaired) electrons. The zero-order chi connectivity index (χ0) is 20.2. The molecule has 0 unspecified atom stereocenters. The molecule has 1 N–H and O–H groups in total. The first-order valence-electron chi connectivity index (χ1n) is 8.47. The zero-order valence-corrected chi connectivity index (χ0v) is 14.9. The van der Waals surface area contributed by atoms with Crippen LogP contribution >= 0.6 is 0 Å². The fourth-order valence-electron chi connectivity index (χ4n) is 2.80. The first-order chi connectivity index (χ1) is 14.1. The minimum atomic E-state index is -0.532. The highest BCUT2D eigenvalue weighted by Crippen LogP contribution is 2.24.